The lowest BCUT2D eigenvalue weighted by atomic mass is 9.71. The van der Waals surface area contributed by atoms with Crippen LogP contribution in [-0.4, -0.2) is 31.3 Å². The predicted octanol–water partition coefficient (Wildman–Crippen LogP) is 4.68. The van der Waals surface area contributed by atoms with Crippen LogP contribution >= 0.6 is 11.6 Å². The molecule has 0 aromatic heterocycles. The van der Waals surface area contributed by atoms with Gasteiger partial charge in [0.05, 0.1) is 12.1 Å². The monoisotopic (exact) mass is 384 g/mol. The summed E-state index contributed by atoms with van der Waals surface area (Å²) in [7, 11) is 1.89. The third-order valence-electron chi connectivity index (χ3n) is 6.38. The maximum absolute atomic E-state index is 11.1. The van der Waals surface area contributed by atoms with Gasteiger partial charge in [0.25, 0.3) is 0 Å². The second-order valence-electron chi connectivity index (χ2n) is 8.11. The van der Waals surface area contributed by atoms with Crippen molar-refractivity contribution in [1.82, 2.24) is 5.32 Å². The van der Waals surface area contributed by atoms with Crippen LogP contribution in [0.5, 0.6) is 0 Å². The van der Waals surface area contributed by atoms with Crippen molar-refractivity contribution in [3.8, 4) is 0 Å². The zero-order chi connectivity index (χ0) is 18.9. The van der Waals surface area contributed by atoms with E-state index in [2.05, 4.69) is 46.6 Å². The quantitative estimate of drug-likeness (QED) is 0.785. The number of aliphatic hydroxyl groups is 1. The third-order valence-corrected chi connectivity index (χ3v) is 6.61. The molecule has 1 aliphatic heterocycles. The number of aliphatic hydroxyl groups excluding tert-OH is 1. The molecule has 1 heterocycles. The summed E-state index contributed by atoms with van der Waals surface area (Å²) in [6.45, 7) is 1.52. The molecule has 2 aliphatic rings. The van der Waals surface area contributed by atoms with Gasteiger partial charge >= 0.3 is 0 Å². The molecule has 4 rings (SSSR count). The molecule has 0 amide bonds. The van der Waals surface area contributed by atoms with E-state index >= 15 is 0 Å². The van der Waals surface area contributed by atoms with E-state index < -0.39 is 6.10 Å². The van der Waals surface area contributed by atoms with Crippen molar-refractivity contribution in [3.05, 3.63) is 64.7 Å². The second-order valence-corrected chi connectivity index (χ2v) is 8.55. The van der Waals surface area contributed by atoms with Crippen molar-refractivity contribution in [3.63, 3.8) is 0 Å². The molecule has 0 bridgehead atoms. The van der Waals surface area contributed by atoms with Crippen LogP contribution in [0.3, 0.4) is 0 Å². The van der Waals surface area contributed by atoms with E-state index in [4.69, 9.17) is 11.6 Å². The SMILES string of the molecule is CNC[C@@H](O)[C@H](c1ccccc1)N1CC2(CCCCC2)c2cc(Cl)ccc21. The topological polar surface area (TPSA) is 35.5 Å². The van der Waals surface area contributed by atoms with Crippen LogP contribution in [0, 0.1) is 0 Å². The first-order chi connectivity index (χ1) is 13.1. The fourth-order valence-corrected chi connectivity index (χ4v) is 5.34. The van der Waals surface area contributed by atoms with Gasteiger partial charge in [-0.3, -0.25) is 0 Å². The highest BCUT2D eigenvalue weighted by atomic mass is 35.5. The standard InChI is InChI=1S/C23H29ClN2O/c1-25-15-21(27)22(17-8-4-2-5-9-17)26-16-23(12-6-3-7-13-23)19-14-18(24)10-11-20(19)26/h2,4-5,8-11,14,21-22,25,27H,3,6-7,12-13,15-16H2,1H3/t21-,22+/m1/s1. The number of anilines is 1. The van der Waals surface area contributed by atoms with E-state index in [1.807, 2.05) is 19.2 Å². The molecule has 0 saturated heterocycles. The number of likely N-dealkylation sites (N-methyl/N-ethyl adjacent to an activating group) is 1. The van der Waals surface area contributed by atoms with Gasteiger partial charge in [-0.15, -0.1) is 0 Å². The van der Waals surface area contributed by atoms with Gasteiger partial charge in [0.2, 0.25) is 0 Å². The van der Waals surface area contributed by atoms with Crippen molar-refractivity contribution >= 4 is 17.3 Å². The van der Waals surface area contributed by atoms with E-state index in [0.29, 0.717) is 6.54 Å². The Kier molecular flexibility index (Phi) is 5.45. The van der Waals surface area contributed by atoms with Crippen molar-refractivity contribution in [1.29, 1.82) is 0 Å². The first-order valence-electron chi connectivity index (χ1n) is 10.1. The molecule has 144 valence electrons. The normalized spacial score (nSPS) is 20.5. The van der Waals surface area contributed by atoms with E-state index in [9.17, 15) is 5.11 Å². The first kappa shape index (κ1) is 18.8. The van der Waals surface area contributed by atoms with Gasteiger partial charge in [-0.05, 0) is 49.2 Å². The Hall–Kier alpha value is -1.55. The summed E-state index contributed by atoms with van der Waals surface area (Å²) < 4.78 is 0. The van der Waals surface area contributed by atoms with Gasteiger partial charge in [-0.25, -0.2) is 0 Å². The van der Waals surface area contributed by atoms with Crippen LogP contribution < -0.4 is 10.2 Å². The van der Waals surface area contributed by atoms with Gasteiger partial charge in [0.15, 0.2) is 0 Å². The first-order valence-corrected chi connectivity index (χ1v) is 10.5. The Morgan fingerprint density at radius 3 is 2.56 bits per heavy atom. The summed E-state index contributed by atoms with van der Waals surface area (Å²) in [5, 5.41) is 15.0. The average molecular weight is 385 g/mol. The summed E-state index contributed by atoms with van der Waals surface area (Å²) in [5.74, 6) is 0. The van der Waals surface area contributed by atoms with Crippen LogP contribution in [0.25, 0.3) is 0 Å². The summed E-state index contributed by atoms with van der Waals surface area (Å²) in [4.78, 5) is 2.44. The zero-order valence-electron chi connectivity index (χ0n) is 16.0. The molecule has 2 aromatic carbocycles. The smallest absolute Gasteiger partial charge is 0.0909 e. The minimum atomic E-state index is -0.486. The van der Waals surface area contributed by atoms with Crippen LogP contribution in [0.1, 0.15) is 49.3 Å². The van der Waals surface area contributed by atoms with Gasteiger partial charge in [0.1, 0.15) is 0 Å². The molecule has 2 atom stereocenters. The Morgan fingerprint density at radius 1 is 1.11 bits per heavy atom. The van der Waals surface area contributed by atoms with Crippen LogP contribution in [0.15, 0.2) is 48.5 Å². The number of fused-ring (bicyclic) bond motifs is 2. The third kappa shape index (κ3) is 3.49. The van der Waals surface area contributed by atoms with E-state index in [-0.39, 0.29) is 11.5 Å². The number of hydrogen-bond donors (Lipinski definition) is 2. The van der Waals surface area contributed by atoms with Crippen LogP contribution in [0.2, 0.25) is 5.02 Å². The van der Waals surface area contributed by atoms with Crippen LogP contribution in [0.4, 0.5) is 5.69 Å². The Labute approximate surface area is 167 Å². The molecule has 0 radical (unpaired) electrons. The molecule has 2 N–H and O–H groups in total. The number of benzene rings is 2. The highest BCUT2D eigenvalue weighted by Gasteiger charge is 2.46. The number of rotatable bonds is 5. The van der Waals surface area contributed by atoms with Crippen molar-refractivity contribution in [2.24, 2.45) is 0 Å². The molecule has 1 aliphatic carbocycles. The minimum absolute atomic E-state index is 0.0696. The van der Waals surface area contributed by atoms with Gasteiger partial charge < -0.3 is 15.3 Å². The highest BCUT2D eigenvalue weighted by Crippen LogP contribution is 2.52. The van der Waals surface area contributed by atoms with Crippen molar-refractivity contribution < 1.29 is 5.11 Å². The van der Waals surface area contributed by atoms with E-state index in [1.165, 1.54) is 43.4 Å². The second kappa shape index (κ2) is 7.83. The van der Waals surface area contributed by atoms with E-state index in [0.717, 1.165) is 17.1 Å². The minimum Gasteiger partial charge on any atom is -0.389 e. The molecular formula is C23H29ClN2O. The lowest BCUT2D eigenvalue weighted by Gasteiger charge is -2.38. The summed E-state index contributed by atoms with van der Waals surface area (Å²) in [5.41, 5.74) is 3.96. The maximum atomic E-state index is 11.1. The highest BCUT2D eigenvalue weighted by molar-refractivity contribution is 6.30. The molecule has 1 fully saturated rings. The van der Waals surface area contributed by atoms with E-state index in [1.54, 1.807) is 0 Å². The maximum Gasteiger partial charge on any atom is 0.0909 e. The molecule has 1 spiro atoms. The molecule has 1 saturated carbocycles. The number of hydrogen-bond acceptors (Lipinski definition) is 3. The predicted molar refractivity (Wildman–Crippen MR) is 113 cm³/mol. The summed E-state index contributed by atoms with van der Waals surface area (Å²) >= 11 is 6.40. The largest absolute Gasteiger partial charge is 0.389 e. The lowest BCUT2D eigenvalue weighted by molar-refractivity contribution is 0.138. The Morgan fingerprint density at radius 2 is 1.85 bits per heavy atom. The van der Waals surface area contributed by atoms with Gasteiger partial charge in [0, 0.05) is 29.2 Å². The number of nitrogens with one attached hydrogen (secondary N) is 1. The van der Waals surface area contributed by atoms with Crippen LogP contribution in [-0.2, 0) is 5.41 Å². The molecule has 3 nitrogen and oxygen atoms in total. The number of nitrogens with zero attached hydrogens (tertiary/aromatic N) is 1. The molecular weight excluding hydrogens is 356 g/mol. The fraction of sp³-hybridized carbons (Fsp3) is 0.478. The average Bonchev–Trinajstić information content (AvgIpc) is 2.97. The number of halogens is 1. The Balaban J connectivity index is 1.79. The van der Waals surface area contributed by atoms with Gasteiger partial charge in [-0.1, -0.05) is 61.2 Å². The Bertz CT molecular complexity index is 773. The van der Waals surface area contributed by atoms with Crippen molar-refractivity contribution in [2.75, 3.05) is 25.0 Å². The molecule has 0 unspecified atom stereocenters. The van der Waals surface area contributed by atoms with Gasteiger partial charge in [-0.2, -0.15) is 0 Å². The molecule has 4 heteroatoms. The zero-order valence-corrected chi connectivity index (χ0v) is 16.8. The lowest BCUT2D eigenvalue weighted by Crippen LogP contribution is -2.43. The van der Waals surface area contributed by atoms with Crippen molar-refractivity contribution in [2.45, 2.75) is 49.7 Å². The summed E-state index contributed by atoms with van der Waals surface area (Å²) in [6, 6.07) is 16.7. The summed E-state index contributed by atoms with van der Waals surface area (Å²) in [6.07, 6.45) is 5.80. The fourth-order valence-electron chi connectivity index (χ4n) is 5.16. The molecule has 27 heavy (non-hydrogen) atoms. The molecule has 2 aromatic rings.